The first-order valence-electron chi connectivity index (χ1n) is 10.3. The normalized spacial score (nSPS) is 23.7. The SMILES string of the molecule is CN1C(=O)[C@H](c2ccc(C3CC3)cc2)[C@@](C)(c2cc(-c3cncc(O)c3)cs2)N=C1N. The molecule has 3 aromatic rings. The van der Waals surface area contributed by atoms with Gasteiger partial charge >= 0.3 is 0 Å². The van der Waals surface area contributed by atoms with E-state index in [1.54, 1.807) is 19.3 Å². The zero-order valence-corrected chi connectivity index (χ0v) is 18.3. The van der Waals surface area contributed by atoms with Gasteiger partial charge in [0.05, 0.1) is 12.1 Å². The fraction of sp³-hybridized carbons (Fsp3) is 0.292. The fourth-order valence-electron chi connectivity index (χ4n) is 4.30. The van der Waals surface area contributed by atoms with Gasteiger partial charge in [-0.15, -0.1) is 11.3 Å². The van der Waals surface area contributed by atoms with Crippen LogP contribution in [-0.4, -0.2) is 33.9 Å². The monoisotopic (exact) mass is 432 g/mol. The van der Waals surface area contributed by atoms with Crippen LogP contribution in [0.5, 0.6) is 5.75 Å². The molecular weight excluding hydrogens is 408 g/mol. The smallest absolute Gasteiger partial charge is 0.239 e. The van der Waals surface area contributed by atoms with E-state index in [0.717, 1.165) is 21.6 Å². The number of hydrogen-bond donors (Lipinski definition) is 2. The van der Waals surface area contributed by atoms with Crippen LogP contribution < -0.4 is 5.73 Å². The van der Waals surface area contributed by atoms with Crippen molar-refractivity contribution in [3.63, 3.8) is 0 Å². The molecule has 1 aromatic carbocycles. The van der Waals surface area contributed by atoms with E-state index >= 15 is 0 Å². The summed E-state index contributed by atoms with van der Waals surface area (Å²) in [5.74, 6) is 0.443. The molecule has 5 rings (SSSR count). The van der Waals surface area contributed by atoms with Gasteiger partial charge in [0.25, 0.3) is 0 Å². The number of likely N-dealkylation sites (N-methyl/N-ethyl adjacent to an activating group) is 1. The summed E-state index contributed by atoms with van der Waals surface area (Å²) in [7, 11) is 1.67. The summed E-state index contributed by atoms with van der Waals surface area (Å²) >= 11 is 1.53. The first-order chi connectivity index (χ1) is 14.9. The number of aliphatic imine (C=N–C) groups is 1. The maximum absolute atomic E-state index is 13.4. The van der Waals surface area contributed by atoms with Crippen molar-refractivity contribution < 1.29 is 9.90 Å². The van der Waals surface area contributed by atoms with Crippen LogP contribution in [0.15, 0.2) is 59.2 Å². The number of aromatic nitrogens is 1. The molecular formula is C24H24N4O2S. The Morgan fingerprint density at radius 1 is 1.13 bits per heavy atom. The van der Waals surface area contributed by atoms with Gasteiger partial charge in [0.15, 0.2) is 5.96 Å². The molecule has 1 aliphatic carbocycles. The number of pyridine rings is 1. The minimum atomic E-state index is -0.831. The molecule has 3 N–H and O–H groups in total. The minimum Gasteiger partial charge on any atom is -0.506 e. The van der Waals surface area contributed by atoms with Gasteiger partial charge in [-0.1, -0.05) is 24.3 Å². The third-order valence-electron chi connectivity index (χ3n) is 6.30. The highest BCUT2D eigenvalue weighted by Crippen LogP contribution is 2.48. The van der Waals surface area contributed by atoms with Gasteiger partial charge in [0, 0.05) is 23.7 Å². The van der Waals surface area contributed by atoms with Crippen molar-refractivity contribution in [1.29, 1.82) is 0 Å². The molecule has 1 saturated carbocycles. The summed E-state index contributed by atoms with van der Waals surface area (Å²) < 4.78 is 0. The number of guanidine groups is 1. The molecule has 2 aliphatic rings. The summed E-state index contributed by atoms with van der Waals surface area (Å²) in [6, 6.07) is 12.1. The van der Waals surface area contributed by atoms with Crippen LogP contribution in [0.3, 0.4) is 0 Å². The number of nitrogens with zero attached hydrogens (tertiary/aromatic N) is 3. The van der Waals surface area contributed by atoms with Gasteiger partial charge < -0.3 is 10.8 Å². The number of thiophene rings is 1. The van der Waals surface area contributed by atoms with E-state index in [1.807, 2.05) is 18.4 Å². The zero-order chi connectivity index (χ0) is 21.8. The van der Waals surface area contributed by atoms with Crippen LogP contribution >= 0.6 is 11.3 Å². The summed E-state index contributed by atoms with van der Waals surface area (Å²) in [4.78, 5) is 24.7. The van der Waals surface area contributed by atoms with Gasteiger partial charge in [-0.2, -0.15) is 0 Å². The Kier molecular flexibility index (Phi) is 4.59. The van der Waals surface area contributed by atoms with Gasteiger partial charge in [-0.05, 0) is 59.9 Å². The molecule has 1 fully saturated rings. The lowest BCUT2D eigenvalue weighted by Crippen LogP contribution is -2.52. The number of benzene rings is 1. The number of hydrogen-bond acceptors (Lipinski definition) is 6. The number of rotatable bonds is 4. The molecule has 3 heterocycles. The first-order valence-corrected chi connectivity index (χ1v) is 11.2. The average molecular weight is 433 g/mol. The topological polar surface area (TPSA) is 91.8 Å². The molecule has 7 heteroatoms. The Morgan fingerprint density at radius 3 is 2.52 bits per heavy atom. The summed E-state index contributed by atoms with van der Waals surface area (Å²) in [6.07, 6.45) is 5.59. The fourth-order valence-corrected chi connectivity index (χ4v) is 5.36. The minimum absolute atomic E-state index is 0.0665. The van der Waals surface area contributed by atoms with Crippen molar-refractivity contribution in [1.82, 2.24) is 9.88 Å². The maximum atomic E-state index is 13.4. The van der Waals surface area contributed by atoms with Crippen LogP contribution in [0.2, 0.25) is 0 Å². The first kappa shape index (κ1) is 19.8. The molecule has 0 bridgehead atoms. The Labute approximate surface area is 185 Å². The molecule has 0 saturated heterocycles. The van der Waals surface area contributed by atoms with Crippen molar-refractivity contribution in [3.05, 3.63) is 70.2 Å². The highest BCUT2D eigenvalue weighted by molar-refractivity contribution is 7.10. The predicted molar refractivity (Wildman–Crippen MR) is 122 cm³/mol. The molecule has 2 aromatic heterocycles. The number of carbonyl (C=O) groups is 1. The molecule has 6 nitrogen and oxygen atoms in total. The third kappa shape index (κ3) is 3.39. The van der Waals surface area contributed by atoms with E-state index in [4.69, 9.17) is 10.7 Å². The summed E-state index contributed by atoms with van der Waals surface area (Å²) in [6.45, 7) is 1.97. The van der Waals surface area contributed by atoms with Crippen LogP contribution in [0, 0.1) is 0 Å². The maximum Gasteiger partial charge on any atom is 0.239 e. The highest BCUT2D eigenvalue weighted by Gasteiger charge is 2.48. The van der Waals surface area contributed by atoms with Crippen molar-refractivity contribution in [2.24, 2.45) is 10.7 Å². The van der Waals surface area contributed by atoms with Crippen molar-refractivity contribution >= 4 is 23.2 Å². The molecule has 0 radical (unpaired) electrons. The molecule has 2 atom stereocenters. The largest absolute Gasteiger partial charge is 0.506 e. The number of amides is 1. The van der Waals surface area contributed by atoms with Crippen LogP contribution in [0.1, 0.15) is 47.6 Å². The Morgan fingerprint density at radius 2 is 1.84 bits per heavy atom. The lowest BCUT2D eigenvalue weighted by Gasteiger charge is -2.40. The second-order valence-electron chi connectivity index (χ2n) is 8.52. The van der Waals surface area contributed by atoms with E-state index < -0.39 is 11.5 Å². The van der Waals surface area contributed by atoms with Crippen LogP contribution in [-0.2, 0) is 10.3 Å². The van der Waals surface area contributed by atoms with Gasteiger partial charge in [-0.3, -0.25) is 14.7 Å². The summed E-state index contributed by atoms with van der Waals surface area (Å²) in [5, 5.41) is 11.8. The van der Waals surface area contributed by atoms with Crippen LogP contribution in [0.4, 0.5) is 0 Å². The second-order valence-corrected chi connectivity index (χ2v) is 9.43. The van der Waals surface area contributed by atoms with Gasteiger partial charge in [-0.25, -0.2) is 4.99 Å². The third-order valence-corrected chi connectivity index (χ3v) is 7.46. The lowest BCUT2D eigenvalue weighted by molar-refractivity contribution is -0.130. The average Bonchev–Trinajstić information content (AvgIpc) is 3.48. The van der Waals surface area contributed by atoms with Gasteiger partial charge in [0.2, 0.25) is 5.91 Å². The number of nitrogens with two attached hydrogens (primary N) is 1. The molecule has 0 unspecified atom stereocenters. The molecule has 1 aliphatic heterocycles. The van der Waals surface area contributed by atoms with Crippen molar-refractivity contribution in [2.75, 3.05) is 7.05 Å². The Hall–Kier alpha value is -3.19. The van der Waals surface area contributed by atoms with E-state index in [-0.39, 0.29) is 17.6 Å². The quantitative estimate of drug-likeness (QED) is 0.647. The highest BCUT2D eigenvalue weighted by atomic mass is 32.1. The Balaban J connectivity index is 1.59. The van der Waals surface area contributed by atoms with E-state index in [0.29, 0.717) is 5.92 Å². The number of aromatic hydroxyl groups is 1. The molecule has 0 spiro atoms. The Bertz CT molecular complexity index is 1180. The van der Waals surface area contributed by atoms with E-state index in [2.05, 4.69) is 29.2 Å². The lowest BCUT2D eigenvalue weighted by atomic mass is 9.77. The van der Waals surface area contributed by atoms with E-state index in [9.17, 15) is 9.90 Å². The number of carbonyl (C=O) groups excluding carboxylic acids is 1. The standard InChI is InChI=1S/C24H24N4O2S/c1-24(20-10-18(13-31-20)17-9-19(29)12-26-11-17)21(22(30)28(2)23(25)27-24)16-7-5-15(6-8-16)14-3-4-14/h5-14,21,29H,3-4H2,1-2H3,(H2,25,27)/t21-,24+/m0/s1. The summed E-state index contributed by atoms with van der Waals surface area (Å²) in [5.41, 5.74) is 9.33. The van der Waals surface area contributed by atoms with E-state index in [1.165, 1.54) is 40.8 Å². The van der Waals surface area contributed by atoms with Crippen molar-refractivity contribution in [2.45, 2.75) is 37.1 Å². The predicted octanol–water partition coefficient (Wildman–Crippen LogP) is 4.18. The van der Waals surface area contributed by atoms with Gasteiger partial charge in [0.1, 0.15) is 11.3 Å². The molecule has 158 valence electrons. The zero-order valence-electron chi connectivity index (χ0n) is 17.4. The second kappa shape index (κ2) is 7.20. The van der Waals surface area contributed by atoms with Crippen molar-refractivity contribution in [3.8, 4) is 16.9 Å². The van der Waals surface area contributed by atoms with Crippen LogP contribution in [0.25, 0.3) is 11.1 Å². The molecule has 1 amide bonds. The molecule has 31 heavy (non-hydrogen) atoms.